The summed E-state index contributed by atoms with van der Waals surface area (Å²) in [5, 5.41) is 15.3. The third-order valence-electron chi connectivity index (χ3n) is 7.24. The maximum atomic E-state index is 14.5. The number of nitriles is 1. The van der Waals surface area contributed by atoms with Crippen LogP contribution in [0.2, 0.25) is 5.02 Å². The summed E-state index contributed by atoms with van der Waals surface area (Å²) < 4.78 is 81.1. The molecule has 10 nitrogen and oxygen atoms in total. The summed E-state index contributed by atoms with van der Waals surface area (Å²) in [5.41, 5.74) is 3.12. The Hall–Kier alpha value is -4.81. The fourth-order valence-electron chi connectivity index (χ4n) is 4.84. The maximum Gasteiger partial charge on any atom is 0.398 e. The zero-order valence-electron chi connectivity index (χ0n) is 24.5. The molecule has 3 N–H and O–H groups in total. The summed E-state index contributed by atoms with van der Waals surface area (Å²) in [4.78, 5) is 29.3. The second-order valence-corrected chi connectivity index (χ2v) is 10.6. The van der Waals surface area contributed by atoms with Crippen LogP contribution >= 0.6 is 11.6 Å². The van der Waals surface area contributed by atoms with Gasteiger partial charge in [0.2, 0.25) is 0 Å². The van der Waals surface area contributed by atoms with E-state index in [2.05, 4.69) is 21.1 Å². The first-order valence-electron chi connectivity index (χ1n) is 13.4. The van der Waals surface area contributed by atoms with Crippen molar-refractivity contribution in [3.63, 3.8) is 0 Å². The Morgan fingerprint density at radius 1 is 1.28 bits per heavy atom. The number of aromatic nitrogens is 3. The number of aldehydes is 1. The van der Waals surface area contributed by atoms with Gasteiger partial charge in [-0.25, -0.2) is 9.67 Å². The van der Waals surface area contributed by atoms with Gasteiger partial charge in [-0.15, -0.1) is 0 Å². The van der Waals surface area contributed by atoms with Crippen LogP contribution in [0, 0.1) is 11.3 Å². The van der Waals surface area contributed by atoms with E-state index < -0.39 is 42.2 Å². The Labute approximate surface area is 263 Å². The number of amides is 1. The number of alkyl halides is 5. The Bertz CT molecular complexity index is 1840. The minimum absolute atomic E-state index is 0.0266. The van der Waals surface area contributed by atoms with Gasteiger partial charge in [0.1, 0.15) is 47.6 Å². The molecule has 5 rings (SSSR count). The lowest BCUT2D eigenvalue weighted by Gasteiger charge is -2.23. The first-order chi connectivity index (χ1) is 21.8. The molecular weight excluding hydrogens is 639 g/mol. The molecule has 0 fully saturated rings. The van der Waals surface area contributed by atoms with Crippen LogP contribution in [0.15, 0.2) is 42.6 Å². The summed E-state index contributed by atoms with van der Waals surface area (Å²) in [5.74, 6) is -3.21. The molecule has 1 aliphatic heterocycles. The zero-order chi connectivity index (χ0) is 34.0. The number of nitrogens with one attached hydrogen (secondary N) is 1. The molecule has 2 aromatic heterocycles. The largest absolute Gasteiger partial charge is 0.494 e. The van der Waals surface area contributed by atoms with Crippen molar-refractivity contribution in [3.8, 4) is 28.8 Å². The van der Waals surface area contributed by atoms with Gasteiger partial charge in [-0.1, -0.05) is 17.7 Å². The van der Waals surface area contributed by atoms with Crippen LogP contribution in [0.25, 0.3) is 22.2 Å². The highest BCUT2D eigenvalue weighted by molar-refractivity contribution is 6.32. The number of nitrogens with two attached hydrogens (primary N) is 1. The van der Waals surface area contributed by atoms with Gasteiger partial charge in [-0.2, -0.15) is 32.3 Å². The minimum atomic E-state index is -4.91. The molecule has 0 saturated heterocycles. The van der Waals surface area contributed by atoms with E-state index in [1.807, 2.05) is 6.07 Å². The molecule has 242 valence electrons. The lowest BCUT2D eigenvalue weighted by Crippen LogP contribution is -2.36. The van der Waals surface area contributed by atoms with E-state index in [4.69, 9.17) is 21.1 Å². The first-order valence-corrected chi connectivity index (χ1v) is 13.8. The van der Waals surface area contributed by atoms with Crippen LogP contribution in [0.4, 0.5) is 22.0 Å². The maximum absolute atomic E-state index is 14.5. The standard InChI is InChI=1S/C29H21ClF5N5O4.CH5N/c1-28(12-41)13-44-25-18(28)8-21(38-24(25)14-3-4-15(9-36)20(30)6-14)19(29(33,34)35)10-37-26(42)16-5-17-11-40(27(31)32)39-23(17)22(7-16)43-2;1-2/h3-8,11-12,19,27H,10,13H2,1-2H3,(H,37,42);2H2,1H3. The summed E-state index contributed by atoms with van der Waals surface area (Å²) in [6.07, 6.45) is -3.36. The van der Waals surface area contributed by atoms with E-state index in [9.17, 15) is 36.8 Å². The van der Waals surface area contributed by atoms with Crippen molar-refractivity contribution in [1.29, 1.82) is 5.26 Å². The van der Waals surface area contributed by atoms with Gasteiger partial charge in [0.05, 0.1) is 28.8 Å². The van der Waals surface area contributed by atoms with Gasteiger partial charge in [0.15, 0.2) is 0 Å². The molecule has 0 radical (unpaired) electrons. The number of methoxy groups -OCH3 is 1. The lowest BCUT2D eigenvalue weighted by atomic mass is 9.84. The molecule has 2 unspecified atom stereocenters. The molecule has 46 heavy (non-hydrogen) atoms. The topological polar surface area (TPSA) is 145 Å². The SMILES string of the molecule is CN.COc1cc(C(=O)NCC(c2cc3c(c(-c4ccc(C#N)c(Cl)c4)n2)OCC3(C)C=O)C(F)(F)F)cc2cn(C(F)F)nc12. The molecule has 16 heteroatoms. The number of fused-ring (bicyclic) bond motifs is 2. The van der Waals surface area contributed by atoms with Crippen LogP contribution in [-0.4, -0.2) is 60.4 Å². The second kappa shape index (κ2) is 13.3. The molecule has 1 aliphatic rings. The van der Waals surface area contributed by atoms with Crippen molar-refractivity contribution >= 4 is 34.7 Å². The van der Waals surface area contributed by atoms with Crippen LogP contribution in [-0.2, 0) is 10.2 Å². The van der Waals surface area contributed by atoms with Crippen molar-refractivity contribution in [2.24, 2.45) is 5.73 Å². The quantitative estimate of drug-likeness (QED) is 0.185. The molecule has 2 aromatic carbocycles. The van der Waals surface area contributed by atoms with Gasteiger partial charge < -0.3 is 25.3 Å². The predicted octanol–water partition coefficient (Wildman–Crippen LogP) is 5.53. The molecule has 3 heterocycles. The van der Waals surface area contributed by atoms with Crippen LogP contribution in [0.1, 0.15) is 46.6 Å². The van der Waals surface area contributed by atoms with E-state index in [1.165, 1.54) is 51.4 Å². The fraction of sp³-hybridized carbons (Fsp3) is 0.300. The highest BCUT2D eigenvalue weighted by Gasteiger charge is 2.45. The molecule has 0 spiro atoms. The number of pyridine rings is 1. The van der Waals surface area contributed by atoms with Gasteiger partial charge in [-0.3, -0.25) is 4.79 Å². The lowest BCUT2D eigenvalue weighted by molar-refractivity contribution is -0.149. The average molecular weight is 665 g/mol. The second-order valence-electron chi connectivity index (χ2n) is 10.2. The van der Waals surface area contributed by atoms with E-state index in [0.717, 1.165) is 12.3 Å². The van der Waals surface area contributed by atoms with E-state index in [-0.39, 0.29) is 62.0 Å². The summed E-state index contributed by atoms with van der Waals surface area (Å²) in [7, 11) is 2.73. The van der Waals surface area contributed by atoms with Crippen molar-refractivity contribution in [3.05, 3.63) is 70.0 Å². The molecule has 0 bridgehead atoms. The Morgan fingerprint density at radius 2 is 2.00 bits per heavy atom. The van der Waals surface area contributed by atoms with Gasteiger partial charge in [0, 0.05) is 34.8 Å². The first kappa shape index (κ1) is 34.1. The van der Waals surface area contributed by atoms with Crippen molar-refractivity contribution in [2.75, 3.05) is 27.3 Å². The van der Waals surface area contributed by atoms with Crippen LogP contribution < -0.4 is 20.5 Å². The molecule has 2 atom stereocenters. The number of rotatable bonds is 8. The number of carbonyl (C=O) groups excluding carboxylic acids is 2. The van der Waals surface area contributed by atoms with Crippen LogP contribution in [0.3, 0.4) is 0 Å². The van der Waals surface area contributed by atoms with E-state index in [1.54, 1.807) is 0 Å². The number of halogens is 6. The molecule has 0 saturated carbocycles. The van der Waals surface area contributed by atoms with Gasteiger partial charge in [-0.05, 0) is 44.3 Å². The average Bonchev–Trinajstić information content (AvgIpc) is 3.62. The summed E-state index contributed by atoms with van der Waals surface area (Å²) in [6, 6.07) is 9.59. The molecular formula is C30H26ClF5N6O4. The predicted molar refractivity (Wildman–Crippen MR) is 157 cm³/mol. The number of benzene rings is 2. The number of ether oxygens (including phenoxy) is 2. The minimum Gasteiger partial charge on any atom is -0.494 e. The highest BCUT2D eigenvalue weighted by atomic mass is 35.5. The molecule has 0 aliphatic carbocycles. The monoisotopic (exact) mass is 664 g/mol. The normalized spacial score (nSPS) is 16.1. The summed E-state index contributed by atoms with van der Waals surface area (Å²) in [6.45, 7) is -2.56. The molecule has 1 amide bonds. The third kappa shape index (κ3) is 6.44. The third-order valence-corrected chi connectivity index (χ3v) is 7.55. The highest BCUT2D eigenvalue weighted by Crippen LogP contribution is 2.46. The number of hydrogen-bond donors (Lipinski definition) is 2. The molecule has 4 aromatic rings. The number of nitrogens with zero attached hydrogens (tertiary/aromatic N) is 4. The Balaban J connectivity index is 0.00000235. The van der Waals surface area contributed by atoms with Crippen molar-refractivity contribution in [1.82, 2.24) is 20.1 Å². The zero-order valence-corrected chi connectivity index (χ0v) is 25.2. The fourth-order valence-corrected chi connectivity index (χ4v) is 5.06. The van der Waals surface area contributed by atoms with Crippen molar-refractivity contribution < 1.29 is 41.0 Å². The number of hydrogen-bond acceptors (Lipinski definition) is 8. The van der Waals surface area contributed by atoms with E-state index >= 15 is 0 Å². The van der Waals surface area contributed by atoms with Gasteiger partial charge >= 0.3 is 12.7 Å². The summed E-state index contributed by atoms with van der Waals surface area (Å²) >= 11 is 6.18. The Kier molecular flexibility index (Phi) is 9.83. The number of carbonyl (C=O) groups is 2. The Morgan fingerprint density at radius 3 is 2.59 bits per heavy atom. The van der Waals surface area contributed by atoms with E-state index in [0.29, 0.717) is 11.0 Å². The van der Waals surface area contributed by atoms with Gasteiger partial charge in [0.25, 0.3) is 5.91 Å². The smallest absolute Gasteiger partial charge is 0.398 e. The van der Waals surface area contributed by atoms with Crippen LogP contribution in [0.5, 0.6) is 11.5 Å². The van der Waals surface area contributed by atoms with Crippen molar-refractivity contribution in [2.45, 2.75) is 31.0 Å².